The van der Waals surface area contributed by atoms with Crippen molar-refractivity contribution in [3.63, 3.8) is 0 Å². The molecule has 2 heteroatoms. The molecule has 2 nitrogen and oxygen atoms in total. The summed E-state index contributed by atoms with van der Waals surface area (Å²) in [5, 5.41) is 11.1. The zero-order valence-corrected chi connectivity index (χ0v) is 14.8. The average molecular weight is 304 g/mol. The summed E-state index contributed by atoms with van der Waals surface area (Å²) in [6.07, 6.45) is 12.3. The van der Waals surface area contributed by atoms with E-state index in [0.29, 0.717) is 11.8 Å². The van der Waals surface area contributed by atoms with Gasteiger partial charge in [-0.2, -0.15) is 0 Å². The first kappa shape index (κ1) is 17.3. The molecule has 0 spiro atoms. The van der Waals surface area contributed by atoms with Gasteiger partial charge in [0.15, 0.2) is 0 Å². The van der Waals surface area contributed by atoms with Crippen molar-refractivity contribution in [2.45, 2.75) is 66.4 Å². The minimum atomic E-state index is -0.275. The van der Waals surface area contributed by atoms with Crippen molar-refractivity contribution in [2.24, 2.45) is 23.2 Å². The Morgan fingerprint density at radius 3 is 2.91 bits per heavy atom. The van der Waals surface area contributed by atoms with Crippen molar-refractivity contribution < 1.29 is 9.84 Å². The highest BCUT2D eigenvalue weighted by atomic mass is 16.5. The van der Waals surface area contributed by atoms with Gasteiger partial charge in [0.25, 0.3) is 0 Å². The summed E-state index contributed by atoms with van der Waals surface area (Å²) in [5.74, 6) is 1.12. The molecule has 1 unspecified atom stereocenters. The Morgan fingerprint density at radius 2 is 2.23 bits per heavy atom. The number of rotatable bonds is 4. The van der Waals surface area contributed by atoms with E-state index in [4.69, 9.17) is 4.74 Å². The summed E-state index contributed by atoms with van der Waals surface area (Å²) in [5.41, 5.74) is 2.57. The lowest BCUT2D eigenvalue weighted by atomic mass is 9.58. The highest BCUT2D eigenvalue weighted by Gasteiger charge is 2.47. The van der Waals surface area contributed by atoms with E-state index in [-0.39, 0.29) is 17.4 Å². The number of aliphatic hydroxyl groups is 1. The second kappa shape index (κ2) is 7.04. The number of aliphatic hydroxyl groups excluding tert-OH is 1. The molecular weight excluding hydrogens is 272 g/mol. The molecule has 1 fully saturated rings. The smallest absolute Gasteiger partial charge is 0.0894 e. The van der Waals surface area contributed by atoms with Gasteiger partial charge in [-0.05, 0) is 75.4 Å². The van der Waals surface area contributed by atoms with Crippen molar-refractivity contribution in [3.05, 3.63) is 35.8 Å². The van der Waals surface area contributed by atoms with Crippen LogP contribution in [0.4, 0.5) is 0 Å². The van der Waals surface area contributed by atoms with E-state index in [9.17, 15) is 5.11 Å². The summed E-state index contributed by atoms with van der Waals surface area (Å²) in [6, 6.07) is 0. The minimum Gasteiger partial charge on any atom is -0.473 e. The summed E-state index contributed by atoms with van der Waals surface area (Å²) in [6.45, 7) is 11.0. The van der Waals surface area contributed by atoms with Crippen molar-refractivity contribution in [1.82, 2.24) is 0 Å². The van der Waals surface area contributed by atoms with E-state index in [1.807, 2.05) is 6.26 Å². The molecule has 0 bridgehead atoms. The van der Waals surface area contributed by atoms with E-state index in [1.54, 1.807) is 6.26 Å². The van der Waals surface area contributed by atoms with Gasteiger partial charge in [0, 0.05) is 5.92 Å². The fourth-order valence-electron chi connectivity index (χ4n) is 4.30. The lowest BCUT2D eigenvalue weighted by Crippen LogP contribution is -2.46. The third-order valence-electron chi connectivity index (χ3n) is 5.68. The van der Waals surface area contributed by atoms with Crippen LogP contribution in [0.1, 0.15) is 60.3 Å². The molecule has 0 aromatic rings. The molecule has 0 aromatic heterocycles. The van der Waals surface area contributed by atoms with Gasteiger partial charge in [-0.15, -0.1) is 0 Å². The lowest BCUT2D eigenvalue weighted by molar-refractivity contribution is -0.0402. The maximum atomic E-state index is 11.1. The fraction of sp³-hybridized carbons (Fsp3) is 0.700. The van der Waals surface area contributed by atoms with Crippen molar-refractivity contribution in [3.8, 4) is 0 Å². The number of allylic oxidation sites excluding steroid dienone is 3. The monoisotopic (exact) mass is 304 g/mol. The van der Waals surface area contributed by atoms with E-state index >= 15 is 0 Å². The second-order valence-electron chi connectivity index (χ2n) is 7.81. The molecule has 0 aromatic carbocycles. The number of hydrogen-bond acceptors (Lipinski definition) is 2. The zero-order valence-electron chi connectivity index (χ0n) is 14.8. The summed E-state index contributed by atoms with van der Waals surface area (Å²) in [4.78, 5) is 0. The maximum Gasteiger partial charge on any atom is 0.0894 e. The third kappa shape index (κ3) is 3.65. The predicted molar refractivity (Wildman–Crippen MR) is 92.1 cm³/mol. The number of hydrogen-bond donors (Lipinski definition) is 1. The van der Waals surface area contributed by atoms with E-state index in [2.05, 4.69) is 46.8 Å². The van der Waals surface area contributed by atoms with Crippen LogP contribution in [0, 0.1) is 23.2 Å². The Hall–Kier alpha value is -1.02. The molecule has 1 saturated carbocycles. The van der Waals surface area contributed by atoms with Gasteiger partial charge in [-0.25, -0.2) is 0 Å². The Labute approximate surface area is 136 Å². The fourth-order valence-corrected chi connectivity index (χ4v) is 4.30. The van der Waals surface area contributed by atoms with Crippen LogP contribution in [0.3, 0.4) is 0 Å². The molecule has 5 atom stereocenters. The number of ether oxygens (including phenoxy) is 1. The molecule has 22 heavy (non-hydrogen) atoms. The van der Waals surface area contributed by atoms with Crippen molar-refractivity contribution in [1.29, 1.82) is 0 Å². The second-order valence-corrected chi connectivity index (χ2v) is 7.81. The van der Waals surface area contributed by atoms with Crippen LogP contribution in [0.25, 0.3) is 0 Å². The molecule has 1 aliphatic heterocycles. The average Bonchev–Trinajstić information content (AvgIpc) is 2.57. The maximum absolute atomic E-state index is 11.1. The molecular formula is C20H32O2. The molecule has 124 valence electrons. The van der Waals surface area contributed by atoms with Crippen molar-refractivity contribution in [2.75, 3.05) is 0 Å². The highest BCUT2D eigenvalue weighted by Crippen LogP contribution is 2.50. The molecule has 2 aliphatic rings. The Morgan fingerprint density at radius 1 is 1.50 bits per heavy atom. The molecule has 0 amide bonds. The van der Waals surface area contributed by atoms with Crippen LogP contribution in [-0.4, -0.2) is 11.2 Å². The number of fused-ring (bicyclic) bond motifs is 1. The first-order chi connectivity index (χ1) is 10.3. The standard InChI is InChI=1S/C20H32O2/c1-14(2)7-6-8-15(3)17-9-10-20(5)11-12-22-13-16(4)18(20)19(17)21/h7,11-13,15,17-19,21H,6,8-10H2,1-5H3/t15-,17?,18+,19-,20+/m1/s1. The quantitative estimate of drug-likeness (QED) is 0.722. The van der Waals surface area contributed by atoms with Crippen LogP contribution < -0.4 is 0 Å². The molecule has 1 heterocycles. The highest BCUT2D eigenvalue weighted by molar-refractivity contribution is 5.19. The van der Waals surface area contributed by atoms with Crippen molar-refractivity contribution >= 4 is 0 Å². The van der Waals surface area contributed by atoms with Crippen LogP contribution in [0.5, 0.6) is 0 Å². The van der Waals surface area contributed by atoms with Gasteiger partial charge < -0.3 is 9.84 Å². The van der Waals surface area contributed by atoms with Crippen LogP contribution in [0.2, 0.25) is 0 Å². The van der Waals surface area contributed by atoms with E-state index in [1.165, 1.54) is 11.1 Å². The topological polar surface area (TPSA) is 29.5 Å². The van der Waals surface area contributed by atoms with Crippen LogP contribution >= 0.6 is 0 Å². The Kier molecular flexibility index (Phi) is 5.55. The summed E-state index contributed by atoms with van der Waals surface area (Å²) >= 11 is 0. The first-order valence-electron chi connectivity index (χ1n) is 8.66. The summed E-state index contributed by atoms with van der Waals surface area (Å²) in [7, 11) is 0. The van der Waals surface area contributed by atoms with Crippen LogP contribution in [-0.2, 0) is 4.74 Å². The summed E-state index contributed by atoms with van der Waals surface area (Å²) < 4.78 is 5.44. The van der Waals surface area contributed by atoms with Gasteiger partial charge in [0.2, 0.25) is 0 Å². The van der Waals surface area contributed by atoms with Crippen LogP contribution in [0.15, 0.2) is 35.8 Å². The van der Waals surface area contributed by atoms with E-state index < -0.39 is 0 Å². The van der Waals surface area contributed by atoms with Gasteiger partial charge in [0.05, 0.1) is 18.6 Å². The Bertz CT molecular complexity index is 470. The van der Waals surface area contributed by atoms with E-state index in [0.717, 1.165) is 25.7 Å². The van der Waals surface area contributed by atoms with Gasteiger partial charge in [0.1, 0.15) is 0 Å². The zero-order chi connectivity index (χ0) is 16.3. The molecule has 0 saturated heterocycles. The SMILES string of the molecule is CC(C)=CCC[C@@H](C)C1CC[C@@]2(C)C=COC=C(C)[C@H]2[C@@H]1O. The molecule has 1 aliphatic carbocycles. The Balaban J connectivity index is 2.11. The normalized spacial score (nSPS) is 35.7. The van der Waals surface area contributed by atoms with Gasteiger partial charge in [-0.1, -0.05) is 25.5 Å². The molecule has 0 radical (unpaired) electrons. The van der Waals surface area contributed by atoms with Gasteiger partial charge in [-0.3, -0.25) is 0 Å². The molecule has 1 N–H and O–H groups in total. The lowest BCUT2D eigenvalue weighted by Gasteiger charge is -2.47. The molecule has 2 rings (SSSR count). The predicted octanol–water partition coefficient (Wildman–Crippen LogP) is 5.21. The van der Waals surface area contributed by atoms with Gasteiger partial charge >= 0.3 is 0 Å². The first-order valence-corrected chi connectivity index (χ1v) is 8.66. The largest absolute Gasteiger partial charge is 0.473 e. The minimum absolute atomic E-state index is 0.0205. The third-order valence-corrected chi connectivity index (χ3v) is 5.68.